The zero-order valence-electron chi connectivity index (χ0n) is 22.6. The highest BCUT2D eigenvalue weighted by molar-refractivity contribution is 7.90. The van der Waals surface area contributed by atoms with Crippen LogP contribution in [0.5, 0.6) is 0 Å². The van der Waals surface area contributed by atoms with Gasteiger partial charge in [-0.05, 0) is 49.8 Å². The number of aromatic nitrogens is 2. The third kappa shape index (κ3) is 5.25. The summed E-state index contributed by atoms with van der Waals surface area (Å²) in [5.74, 6) is 1.89. The predicted molar refractivity (Wildman–Crippen MR) is 145 cm³/mol. The van der Waals surface area contributed by atoms with Gasteiger partial charge in [-0.2, -0.15) is 12.7 Å². The monoisotopic (exact) mass is 531 g/mol. The summed E-state index contributed by atoms with van der Waals surface area (Å²) in [6, 6.07) is 5.78. The second-order valence-corrected chi connectivity index (χ2v) is 13.8. The minimum absolute atomic E-state index is 0.140. The molecule has 1 saturated carbocycles. The molecule has 10 heteroatoms. The highest BCUT2D eigenvalue weighted by atomic mass is 32.2. The number of fused-ring (bicyclic) bond motifs is 1. The van der Waals surface area contributed by atoms with Crippen LogP contribution in [0, 0.1) is 11.8 Å². The van der Waals surface area contributed by atoms with E-state index in [9.17, 15) is 13.2 Å². The Hall–Kier alpha value is -2.17. The maximum Gasteiger partial charge on any atom is 0.303 e. The average Bonchev–Trinajstić information content (AvgIpc) is 3.21. The normalized spacial score (nSPS) is 20.8. The topological polar surface area (TPSA) is 88.0 Å². The molecule has 204 valence electrons. The molecule has 0 N–H and O–H groups in total. The van der Waals surface area contributed by atoms with Crippen molar-refractivity contribution in [2.75, 3.05) is 50.7 Å². The smallest absolute Gasteiger partial charge is 0.303 e. The minimum atomic E-state index is -3.72. The molecule has 0 radical (unpaired) electrons. The van der Waals surface area contributed by atoms with Crippen molar-refractivity contribution in [1.29, 1.82) is 0 Å². The van der Waals surface area contributed by atoms with Crippen molar-refractivity contribution in [1.82, 2.24) is 18.8 Å². The Morgan fingerprint density at radius 3 is 2.35 bits per heavy atom. The number of nitrogens with zero attached hydrogens (tertiary/aromatic N) is 5. The van der Waals surface area contributed by atoms with Crippen LogP contribution in [-0.4, -0.2) is 79.5 Å². The maximum atomic E-state index is 13.5. The number of carbonyl (C=O) groups excluding carboxylic acids is 1. The molecule has 3 fully saturated rings. The molecule has 0 unspecified atom stereocenters. The van der Waals surface area contributed by atoms with Crippen LogP contribution in [0.4, 0.5) is 5.69 Å². The van der Waals surface area contributed by atoms with Crippen LogP contribution >= 0.6 is 0 Å². The van der Waals surface area contributed by atoms with Crippen molar-refractivity contribution in [2.24, 2.45) is 11.8 Å². The number of ether oxygens (including phenoxy) is 1. The molecule has 37 heavy (non-hydrogen) atoms. The number of amides is 1. The average molecular weight is 532 g/mol. The number of piperazine rings is 1. The molecule has 2 aliphatic heterocycles. The minimum Gasteiger partial charge on any atom is -0.381 e. The number of carbonyl (C=O) groups is 1. The van der Waals surface area contributed by atoms with Crippen LogP contribution in [0.1, 0.15) is 58.7 Å². The van der Waals surface area contributed by atoms with Crippen molar-refractivity contribution in [2.45, 2.75) is 64.8 Å². The van der Waals surface area contributed by atoms with Gasteiger partial charge in [0.1, 0.15) is 5.82 Å². The molecule has 1 aromatic carbocycles. The lowest BCUT2D eigenvalue weighted by atomic mass is 9.84. The zero-order valence-corrected chi connectivity index (χ0v) is 23.5. The Morgan fingerprint density at radius 1 is 1.08 bits per heavy atom. The maximum absolute atomic E-state index is 13.5. The molecule has 2 saturated heterocycles. The molecular weight excluding hydrogens is 490 g/mol. The van der Waals surface area contributed by atoms with Gasteiger partial charge >= 0.3 is 10.2 Å². The van der Waals surface area contributed by atoms with E-state index in [0.717, 1.165) is 68.7 Å². The Morgan fingerprint density at radius 2 is 1.76 bits per heavy atom. The molecule has 9 nitrogen and oxygen atoms in total. The van der Waals surface area contributed by atoms with Crippen LogP contribution in [-0.2, 0) is 31.7 Å². The second kappa shape index (κ2) is 10.2. The van der Waals surface area contributed by atoms with E-state index in [1.165, 1.54) is 8.61 Å². The summed E-state index contributed by atoms with van der Waals surface area (Å²) >= 11 is 0. The third-order valence-corrected chi connectivity index (χ3v) is 10.1. The molecule has 0 atom stereocenters. The first-order valence-electron chi connectivity index (χ1n) is 13.7. The van der Waals surface area contributed by atoms with Crippen molar-refractivity contribution >= 4 is 32.8 Å². The van der Waals surface area contributed by atoms with Gasteiger partial charge < -0.3 is 14.2 Å². The third-order valence-electron chi connectivity index (χ3n) is 8.22. The summed E-state index contributed by atoms with van der Waals surface area (Å²) in [5, 5.41) is 0. The quantitative estimate of drug-likeness (QED) is 0.570. The van der Waals surface area contributed by atoms with E-state index >= 15 is 0 Å². The molecule has 5 rings (SSSR count). The van der Waals surface area contributed by atoms with Gasteiger partial charge in [0.25, 0.3) is 0 Å². The summed E-state index contributed by atoms with van der Waals surface area (Å²) in [6.07, 6.45) is 5.13. The Bertz CT molecular complexity index is 1230. The van der Waals surface area contributed by atoms with Crippen LogP contribution in [0.25, 0.3) is 11.0 Å². The molecule has 1 aliphatic carbocycles. The number of anilines is 1. The Balaban J connectivity index is 1.35. The first kappa shape index (κ1) is 26.4. The second-order valence-electron chi connectivity index (χ2n) is 11.9. The summed E-state index contributed by atoms with van der Waals surface area (Å²) in [6.45, 7) is 10.5. The number of benzene rings is 1. The Kier molecular flexibility index (Phi) is 7.28. The number of hydrogen-bond acceptors (Lipinski definition) is 5. The number of hydrogen-bond donors (Lipinski definition) is 0. The van der Waals surface area contributed by atoms with Gasteiger partial charge in [0.15, 0.2) is 0 Å². The van der Waals surface area contributed by atoms with Gasteiger partial charge in [-0.25, -0.2) is 4.98 Å². The van der Waals surface area contributed by atoms with Gasteiger partial charge in [-0.3, -0.25) is 9.10 Å². The molecular formula is C27H41N5O4S. The first-order chi connectivity index (χ1) is 17.6. The van der Waals surface area contributed by atoms with E-state index in [1.54, 1.807) is 7.05 Å². The van der Waals surface area contributed by atoms with E-state index < -0.39 is 10.2 Å². The molecule has 3 heterocycles. The van der Waals surface area contributed by atoms with E-state index in [1.807, 2.05) is 23.1 Å². The SMILES string of the molecule is CN(c1ccc2c(c1)nc(C(C)(C)C)n2CC1CCOCC1)S(=O)(=O)N1CCN(C(=O)C2CCC2)CC1. The van der Waals surface area contributed by atoms with E-state index in [-0.39, 0.29) is 17.2 Å². The lowest BCUT2D eigenvalue weighted by molar-refractivity contribution is -0.139. The summed E-state index contributed by atoms with van der Waals surface area (Å²) in [5.41, 5.74) is 2.30. The summed E-state index contributed by atoms with van der Waals surface area (Å²) < 4.78 is 37.7. The lowest BCUT2D eigenvalue weighted by Crippen LogP contribution is -2.55. The molecule has 3 aliphatic rings. The molecule has 1 amide bonds. The van der Waals surface area contributed by atoms with Crippen LogP contribution in [0.2, 0.25) is 0 Å². The fraction of sp³-hybridized carbons (Fsp3) is 0.704. The fourth-order valence-corrected chi connectivity index (χ4v) is 6.97. The highest BCUT2D eigenvalue weighted by Gasteiger charge is 2.35. The van der Waals surface area contributed by atoms with Crippen LogP contribution < -0.4 is 4.31 Å². The van der Waals surface area contributed by atoms with E-state index in [2.05, 4.69) is 25.3 Å². The molecule has 0 bridgehead atoms. The largest absolute Gasteiger partial charge is 0.381 e. The predicted octanol–water partition coefficient (Wildman–Crippen LogP) is 3.39. The fourth-order valence-electron chi connectivity index (χ4n) is 5.62. The van der Waals surface area contributed by atoms with Gasteiger partial charge in [0.2, 0.25) is 5.91 Å². The lowest BCUT2D eigenvalue weighted by Gasteiger charge is -2.38. The molecule has 0 spiro atoms. The Labute approximate surface area is 220 Å². The van der Waals surface area contributed by atoms with Gasteiger partial charge in [-0.15, -0.1) is 0 Å². The van der Waals surface area contributed by atoms with Crippen molar-refractivity contribution in [3.05, 3.63) is 24.0 Å². The van der Waals surface area contributed by atoms with Crippen molar-refractivity contribution in [3.8, 4) is 0 Å². The van der Waals surface area contributed by atoms with E-state index in [4.69, 9.17) is 9.72 Å². The van der Waals surface area contributed by atoms with Gasteiger partial charge in [-0.1, -0.05) is 27.2 Å². The summed E-state index contributed by atoms with van der Waals surface area (Å²) in [7, 11) is -2.12. The standard InChI is InChI=1S/C27H41N5O4S/c1-27(2,3)26-28-23-18-22(8-9-24(23)32(26)19-20-10-16-36-17-11-20)29(4)37(34,35)31-14-12-30(13-15-31)25(33)21-6-5-7-21/h8-9,18,20-21H,5-7,10-17,19H2,1-4H3. The van der Waals surface area contributed by atoms with Crippen LogP contribution in [0.3, 0.4) is 0 Å². The van der Waals surface area contributed by atoms with E-state index in [0.29, 0.717) is 37.8 Å². The number of imidazole rings is 1. The van der Waals surface area contributed by atoms with Crippen LogP contribution in [0.15, 0.2) is 18.2 Å². The zero-order chi connectivity index (χ0) is 26.4. The van der Waals surface area contributed by atoms with Gasteiger partial charge in [0, 0.05) is 64.3 Å². The molecule has 2 aromatic rings. The highest BCUT2D eigenvalue weighted by Crippen LogP contribution is 2.32. The van der Waals surface area contributed by atoms with Crippen molar-refractivity contribution < 1.29 is 17.9 Å². The molecule has 1 aromatic heterocycles. The van der Waals surface area contributed by atoms with Crippen molar-refractivity contribution in [3.63, 3.8) is 0 Å². The van der Waals surface area contributed by atoms with Gasteiger partial charge in [0.05, 0.1) is 16.7 Å². The summed E-state index contributed by atoms with van der Waals surface area (Å²) in [4.78, 5) is 19.4. The first-order valence-corrected chi connectivity index (χ1v) is 15.1. The number of rotatable bonds is 6.